The van der Waals surface area contributed by atoms with E-state index in [0.29, 0.717) is 0 Å². The Bertz CT molecular complexity index is 445. The van der Waals surface area contributed by atoms with Gasteiger partial charge in [0.2, 0.25) is 0 Å². The van der Waals surface area contributed by atoms with Crippen LogP contribution in [0.5, 0.6) is 0 Å². The number of aryl methyl sites for hydroxylation is 1. The van der Waals surface area contributed by atoms with Crippen LogP contribution in [-0.2, 0) is 13.7 Å². The van der Waals surface area contributed by atoms with E-state index in [1.54, 1.807) is 0 Å². The first kappa shape index (κ1) is 8.13. The van der Waals surface area contributed by atoms with Crippen LogP contribution in [0.3, 0.4) is 0 Å². The molecule has 2 rings (SSSR count). The predicted molar refractivity (Wildman–Crippen MR) is 53.3 cm³/mol. The third-order valence-electron chi connectivity index (χ3n) is 2.30. The molecule has 0 amide bonds. The molecular formula is C10H12N2O. The molecule has 2 aromatic rings. The number of rotatable bonds is 1. The number of aliphatic hydroxyl groups is 1. The minimum Gasteiger partial charge on any atom is -0.398 e. The Morgan fingerprint density at radius 2 is 2.23 bits per heavy atom. The molecule has 3 nitrogen and oxygen atoms in total. The molecule has 3 N–H and O–H groups in total. The van der Waals surface area contributed by atoms with Gasteiger partial charge in [0.25, 0.3) is 0 Å². The Labute approximate surface area is 76.4 Å². The molecular weight excluding hydrogens is 164 g/mol. The molecule has 0 radical (unpaired) electrons. The molecule has 1 heterocycles. The Kier molecular flexibility index (Phi) is 1.74. The average Bonchev–Trinajstić information content (AvgIpc) is 2.45. The molecule has 68 valence electrons. The molecule has 0 atom stereocenters. The summed E-state index contributed by atoms with van der Waals surface area (Å²) in [6.45, 7) is 0.0333. The minimum absolute atomic E-state index is 0.0333. The number of aliphatic hydroxyl groups excluding tert-OH is 1. The smallest absolute Gasteiger partial charge is 0.0703 e. The van der Waals surface area contributed by atoms with E-state index in [-0.39, 0.29) is 6.61 Å². The largest absolute Gasteiger partial charge is 0.398 e. The van der Waals surface area contributed by atoms with E-state index in [4.69, 9.17) is 10.8 Å². The summed E-state index contributed by atoms with van der Waals surface area (Å²) in [7, 11) is 1.95. The van der Waals surface area contributed by atoms with Crippen molar-refractivity contribution in [2.45, 2.75) is 6.61 Å². The lowest BCUT2D eigenvalue weighted by molar-refractivity contribution is 0.283. The van der Waals surface area contributed by atoms with Crippen LogP contribution in [-0.4, -0.2) is 9.67 Å². The van der Waals surface area contributed by atoms with Crippen LogP contribution in [0.2, 0.25) is 0 Å². The molecule has 3 heteroatoms. The SMILES string of the molecule is Cn1cc(CO)c2c(N)cccc21. The Morgan fingerprint density at radius 3 is 2.92 bits per heavy atom. The second kappa shape index (κ2) is 2.78. The number of hydrogen-bond donors (Lipinski definition) is 2. The fourth-order valence-corrected chi connectivity index (χ4v) is 1.69. The predicted octanol–water partition coefficient (Wildman–Crippen LogP) is 1.25. The maximum atomic E-state index is 9.10. The summed E-state index contributed by atoms with van der Waals surface area (Å²) in [6.07, 6.45) is 1.90. The van der Waals surface area contributed by atoms with Crippen molar-refractivity contribution >= 4 is 16.6 Å². The second-order valence-corrected chi connectivity index (χ2v) is 3.16. The van der Waals surface area contributed by atoms with Gasteiger partial charge in [-0.05, 0) is 12.1 Å². The van der Waals surface area contributed by atoms with E-state index in [0.717, 1.165) is 22.2 Å². The van der Waals surface area contributed by atoms with Crippen LogP contribution < -0.4 is 5.73 Å². The van der Waals surface area contributed by atoms with Crippen molar-refractivity contribution in [1.82, 2.24) is 4.57 Å². The van der Waals surface area contributed by atoms with Crippen molar-refractivity contribution < 1.29 is 5.11 Å². The molecule has 1 aromatic heterocycles. The quantitative estimate of drug-likeness (QED) is 0.642. The van der Waals surface area contributed by atoms with Gasteiger partial charge in [0.05, 0.1) is 12.1 Å². The first-order chi connectivity index (χ1) is 6.24. The van der Waals surface area contributed by atoms with E-state index in [9.17, 15) is 0 Å². The Hall–Kier alpha value is -1.48. The second-order valence-electron chi connectivity index (χ2n) is 3.16. The highest BCUT2D eigenvalue weighted by atomic mass is 16.3. The first-order valence-corrected chi connectivity index (χ1v) is 4.17. The highest BCUT2D eigenvalue weighted by Gasteiger charge is 2.07. The van der Waals surface area contributed by atoms with Crippen molar-refractivity contribution in [3.05, 3.63) is 30.0 Å². The van der Waals surface area contributed by atoms with Crippen molar-refractivity contribution in [1.29, 1.82) is 0 Å². The minimum atomic E-state index is 0.0333. The standard InChI is InChI=1S/C10H12N2O/c1-12-5-7(6-13)10-8(11)3-2-4-9(10)12/h2-5,13H,6,11H2,1H3. The summed E-state index contributed by atoms with van der Waals surface area (Å²) in [6, 6.07) is 5.76. The highest BCUT2D eigenvalue weighted by molar-refractivity contribution is 5.94. The van der Waals surface area contributed by atoms with Gasteiger partial charge >= 0.3 is 0 Å². The zero-order chi connectivity index (χ0) is 9.42. The van der Waals surface area contributed by atoms with Crippen LogP contribution in [0, 0.1) is 0 Å². The molecule has 0 aliphatic rings. The van der Waals surface area contributed by atoms with E-state index in [2.05, 4.69) is 0 Å². The van der Waals surface area contributed by atoms with Crippen LogP contribution in [0.15, 0.2) is 24.4 Å². The lowest BCUT2D eigenvalue weighted by atomic mass is 10.1. The van der Waals surface area contributed by atoms with Gasteiger partial charge in [0.15, 0.2) is 0 Å². The fraction of sp³-hybridized carbons (Fsp3) is 0.200. The number of nitrogen functional groups attached to an aromatic ring is 1. The summed E-state index contributed by atoms with van der Waals surface area (Å²) in [5.74, 6) is 0. The molecule has 0 saturated heterocycles. The molecule has 0 bridgehead atoms. The normalized spacial score (nSPS) is 10.9. The Balaban J connectivity index is 2.89. The molecule has 0 aliphatic carbocycles. The Morgan fingerprint density at radius 1 is 1.46 bits per heavy atom. The third kappa shape index (κ3) is 1.09. The van der Waals surface area contributed by atoms with Crippen LogP contribution in [0.4, 0.5) is 5.69 Å². The van der Waals surface area contributed by atoms with Crippen molar-refractivity contribution in [3.63, 3.8) is 0 Å². The van der Waals surface area contributed by atoms with Gasteiger partial charge in [-0.25, -0.2) is 0 Å². The summed E-state index contributed by atoms with van der Waals surface area (Å²) >= 11 is 0. The van der Waals surface area contributed by atoms with Gasteiger partial charge in [0.1, 0.15) is 0 Å². The summed E-state index contributed by atoms with van der Waals surface area (Å²) in [5.41, 5.74) is 8.49. The van der Waals surface area contributed by atoms with Crippen LogP contribution >= 0.6 is 0 Å². The molecule has 0 aliphatic heterocycles. The number of benzene rings is 1. The molecule has 0 spiro atoms. The number of hydrogen-bond acceptors (Lipinski definition) is 2. The van der Waals surface area contributed by atoms with Crippen molar-refractivity contribution in [2.75, 3.05) is 5.73 Å². The average molecular weight is 176 g/mol. The van der Waals surface area contributed by atoms with Gasteiger partial charge in [-0.2, -0.15) is 0 Å². The fourth-order valence-electron chi connectivity index (χ4n) is 1.69. The topological polar surface area (TPSA) is 51.2 Å². The number of nitrogens with two attached hydrogens (primary N) is 1. The third-order valence-corrected chi connectivity index (χ3v) is 2.30. The molecule has 1 aromatic carbocycles. The van der Waals surface area contributed by atoms with Crippen molar-refractivity contribution in [3.8, 4) is 0 Å². The van der Waals surface area contributed by atoms with Gasteiger partial charge in [-0.3, -0.25) is 0 Å². The number of anilines is 1. The monoisotopic (exact) mass is 176 g/mol. The highest BCUT2D eigenvalue weighted by Crippen LogP contribution is 2.25. The first-order valence-electron chi connectivity index (χ1n) is 4.17. The van der Waals surface area contributed by atoms with E-state index < -0.39 is 0 Å². The van der Waals surface area contributed by atoms with Crippen molar-refractivity contribution in [2.24, 2.45) is 7.05 Å². The van der Waals surface area contributed by atoms with E-state index in [1.165, 1.54) is 0 Å². The number of fused-ring (bicyclic) bond motifs is 1. The lowest BCUT2D eigenvalue weighted by Gasteiger charge is -1.98. The van der Waals surface area contributed by atoms with E-state index >= 15 is 0 Å². The molecule has 0 fully saturated rings. The number of nitrogens with zero attached hydrogens (tertiary/aromatic N) is 1. The van der Waals surface area contributed by atoms with Crippen LogP contribution in [0.25, 0.3) is 10.9 Å². The van der Waals surface area contributed by atoms with Crippen LogP contribution in [0.1, 0.15) is 5.56 Å². The van der Waals surface area contributed by atoms with Gasteiger partial charge in [-0.1, -0.05) is 6.07 Å². The maximum absolute atomic E-state index is 9.10. The maximum Gasteiger partial charge on any atom is 0.0703 e. The molecule has 13 heavy (non-hydrogen) atoms. The summed E-state index contributed by atoms with van der Waals surface area (Å²) in [5, 5.41) is 10.1. The van der Waals surface area contributed by atoms with Gasteiger partial charge < -0.3 is 15.4 Å². The summed E-state index contributed by atoms with van der Waals surface area (Å²) in [4.78, 5) is 0. The van der Waals surface area contributed by atoms with Gasteiger partial charge in [-0.15, -0.1) is 0 Å². The van der Waals surface area contributed by atoms with E-state index in [1.807, 2.05) is 36.0 Å². The van der Waals surface area contributed by atoms with Gasteiger partial charge in [0, 0.05) is 29.9 Å². The zero-order valence-electron chi connectivity index (χ0n) is 7.49. The number of aromatic nitrogens is 1. The molecule has 0 unspecified atom stereocenters. The molecule has 0 saturated carbocycles. The summed E-state index contributed by atoms with van der Waals surface area (Å²) < 4.78 is 1.97. The zero-order valence-corrected chi connectivity index (χ0v) is 7.49. The lowest BCUT2D eigenvalue weighted by Crippen LogP contribution is -1.88.